The van der Waals surface area contributed by atoms with Gasteiger partial charge < -0.3 is 5.32 Å². The Hall–Kier alpha value is 0.0700. The molecule has 1 heterocycles. The van der Waals surface area contributed by atoms with Gasteiger partial charge in [0.05, 0.1) is 16.0 Å². The van der Waals surface area contributed by atoms with Crippen LogP contribution < -0.4 is 5.32 Å². The zero-order valence-electron chi connectivity index (χ0n) is 9.71. The second kappa shape index (κ2) is 6.12. The summed E-state index contributed by atoms with van der Waals surface area (Å²) < 4.78 is 1.12. The molecule has 1 saturated carbocycles. The summed E-state index contributed by atoms with van der Waals surface area (Å²) in [6.45, 7) is 3.32. The van der Waals surface area contributed by atoms with Crippen molar-refractivity contribution in [1.82, 2.24) is 10.3 Å². The molecule has 0 amide bonds. The third-order valence-corrected chi connectivity index (χ3v) is 5.00. The van der Waals surface area contributed by atoms with Crippen molar-refractivity contribution in [1.29, 1.82) is 0 Å². The van der Waals surface area contributed by atoms with Crippen LogP contribution in [-0.2, 0) is 0 Å². The van der Waals surface area contributed by atoms with Gasteiger partial charge in [-0.3, -0.25) is 0 Å². The predicted octanol–water partition coefficient (Wildman–Crippen LogP) is 4.14. The number of rotatable bonds is 5. The van der Waals surface area contributed by atoms with Crippen LogP contribution in [0.15, 0.2) is 9.98 Å². The molecule has 1 atom stereocenters. The molecule has 2 nitrogen and oxygen atoms in total. The summed E-state index contributed by atoms with van der Waals surface area (Å²) in [4.78, 5) is 4.38. The van der Waals surface area contributed by atoms with Gasteiger partial charge in [0.25, 0.3) is 0 Å². The fourth-order valence-corrected chi connectivity index (χ4v) is 3.63. The van der Waals surface area contributed by atoms with Crippen LogP contribution in [0.1, 0.15) is 50.1 Å². The average molecular weight is 303 g/mol. The summed E-state index contributed by atoms with van der Waals surface area (Å²) >= 11 is 5.17. The van der Waals surface area contributed by atoms with Crippen LogP contribution in [0.4, 0.5) is 0 Å². The first-order valence-electron chi connectivity index (χ1n) is 6.10. The van der Waals surface area contributed by atoms with Crippen LogP contribution >= 0.6 is 27.3 Å². The van der Waals surface area contributed by atoms with Gasteiger partial charge in [0.15, 0.2) is 0 Å². The zero-order valence-corrected chi connectivity index (χ0v) is 12.1. The van der Waals surface area contributed by atoms with E-state index in [-0.39, 0.29) is 0 Å². The van der Waals surface area contributed by atoms with Gasteiger partial charge in [-0.15, -0.1) is 11.3 Å². The summed E-state index contributed by atoms with van der Waals surface area (Å²) in [5.41, 5.74) is 0. The molecular weight excluding hydrogens is 284 g/mol. The molecule has 1 aromatic heterocycles. The number of aromatic nitrogens is 1. The number of hydrogen-bond donors (Lipinski definition) is 1. The largest absolute Gasteiger partial charge is 0.308 e. The van der Waals surface area contributed by atoms with Crippen LogP contribution in [0, 0.1) is 5.92 Å². The Bertz CT molecular complexity index is 321. The van der Waals surface area contributed by atoms with Crippen molar-refractivity contribution < 1.29 is 0 Å². The summed E-state index contributed by atoms with van der Waals surface area (Å²) in [5, 5.41) is 4.75. The van der Waals surface area contributed by atoms with Gasteiger partial charge in [-0.1, -0.05) is 25.7 Å². The van der Waals surface area contributed by atoms with E-state index in [2.05, 4.69) is 33.2 Å². The lowest BCUT2D eigenvalue weighted by atomic mass is 10.0. The first kappa shape index (κ1) is 12.5. The molecule has 0 saturated heterocycles. The Morgan fingerprint density at radius 1 is 1.56 bits per heavy atom. The van der Waals surface area contributed by atoms with Gasteiger partial charge >= 0.3 is 0 Å². The molecule has 2 rings (SSSR count). The average Bonchev–Trinajstić information content (AvgIpc) is 2.89. The standard InChI is InChI=1S/C12H19BrN2S/c1-9(12-15-8-11(13)16-12)14-7-6-10-4-2-3-5-10/h8-10,14H,2-7H2,1H3. The Balaban J connectivity index is 1.69. The first-order valence-corrected chi connectivity index (χ1v) is 7.71. The lowest BCUT2D eigenvalue weighted by Gasteiger charge is -2.13. The Kier molecular flexibility index (Phi) is 4.79. The normalized spacial score (nSPS) is 19.1. The Morgan fingerprint density at radius 2 is 2.31 bits per heavy atom. The Morgan fingerprint density at radius 3 is 2.94 bits per heavy atom. The van der Waals surface area contributed by atoms with E-state index in [9.17, 15) is 0 Å². The van der Waals surface area contributed by atoms with E-state index >= 15 is 0 Å². The van der Waals surface area contributed by atoms with Crippen LogP contribution in [0.5, 0.6) is 0 Å². The second-order valence-corrected chi connectivity index (χ2v) is 7.06. The monoisotopic (exact) mass is 302 g/mol. The number of halogens is 1. The van der Waals surface area contributed by atoms with E-state index in [0.29, 0.717) is 6.04 Å². The minimum absolute atomic E-state index is 0.387. The molecule has 90 valence electrons. The highest BCUT2D eigenvalue weighted by molar-refractivity contribution is 9.11. The summed E-state index contributed by atoms with van der Waals surface area (Å²) in [5.74, 6) is 0.975. The van der Waals surface area contributed by atoms with Crippen LogP contribution in [0.3, 0.4) is 0 Å². The highest BCUT2D eigenvalue weighted by atomic mass is 79.9. The van der Waals surface area contributed by atoms with Crippen molar-refractivity contribution in [2.75, 3.05) is 6.54 Å². The first-order chi connectivity index (χ1) is 7.75. The van der Waals surface area contributed by atoms with Gasteiger partial charge in [-0.25, -0.2) is 4.98 Å². The van der Waals surface area contributed by atoms with Crippen LogP contribution in [0.2, 0.25) is 0 Å². The molecule has 1 aliphatic rings. The van der Waals surface area contributed by atoms with Crippen molar-refractivity contribution in [2.45, 2.75) is 45.1 Å². The van der Waals surface area contributed by atoms with Crippen molar-refractivity contribution in [3.05, 3.63) is 15.0 Å². The maximum atomic E-state index is 4.38. The summed E-state index contributed by atoms with van der Waals surface area (Å²) in [6.07, 6.45) is 8.99. The highest BCUT2D eigenvalue weighted by Crippen LogP contribution is 2.28. The third-order valence-electron chi connectivity index (χ3n) is 3.34. The summed E-state index contributed by atoms with van der Waals surface area (Å²) in [7, 11) is 0. The molecule has 0 spiro atoms. The minimum atomic E-state index is 0.387. The number of nitrogens with zero attached hydrogens (tertiary/aromatic N) is 1. The van der Waals surface area contributed by atoms with E-state index < -0.39 is 0 Å². The maximum Gasteiger partial charge on any atom is 0.110 e. The quantitative estimate of drug-likeness (QED) is 0.884. The molecule has 0 aliphatic heterocycles. The zero-order chi connectivity index (χ0) is 11.4. The maximum absolute atomic E-state index is 4.38. The van der Waals surface area contributed by atoms with Crippen LogP contribution in [0.25, 0.3) is 0 Å². The lowest BCUT2D eigenvalue weighted by Crippen LogP contribution is -2.21. The van der Waals surface area contributed by atoms with E-state index in [4.69, 9.17) is 0 Å². The van der Waals surface area contributed by atoms with Gasteiger partial charge in [0.2, 0.25) is 0 Å². The number of hydrogen-bond acceptors (Lipinski definition) is 3. The van der Waals surface area contributed by atoms with Gasteiger partial charge in [-0.2, -0.15) is 0 Å². The van der Waals surface area contributed by atoms with E-state index in [0.717, 1.165) is 16.2 Å². The number of thiazole rings is 1. The van der Waals surface area contributed by atoms with E-state index in [1.54, 1.807) is 11.3 Å². The van der Waals surface area contributed by atoms with E-state index in [1.807, 2.05) is 6.20 Å². The fourth-order valence-electron chi connectivity index (χ4n) is 2.36. The second-order valence-electron chi connectivity index (χ2n) is 4.62. The van der Waals surface area contributed by atoms with Crippen molar-refractivity contribution in [2.24, 2.45) is 5.92 Å². The topological polar surface area (TPSA) is 24.9 Å². The molecule has 0 aromatic carbocycles. The molecule has 1 aromatic rings. The third kappa shape index (κ3) is 3.54. The van der Waals surface area contributed by atoms with Crippen LogP contribution in [-0.4, -0.2) is 11.5 Å². The van der Waals surface area contributed by atoms with Crippen molar-refractivity contribution in [3.8, 4) is 0 Å². The highest BCUT2D eigenvalue weighted by Gasteiger charge is 2.15. The van der Waals surface area contributed by atoms with Crippen molar-refractivity contribution in [3.63, 3.8) is 0 Å². The molecule has 1 N–H and O–H groups in total. The summed E-state index contributed by atoms with van der Waals surface area (Å²) in [6, 6.07) is 0.387. The van der Waals surface area contributed by atoms with Gasteiger partial charge in [0, 0.05) is 0 Å². The molecule has 1 unspecified atom stereocenters. The molecule has 1 aliphatic carbocycles. The molecule has 1 fully saturated rings. The van der Waals surface area contributed by atoms with Gasteiger partial charge in [-0.05, 0) is 41.7 Å². The number of nitrogens with one attached hydrogen (secondary N) is 1. The van der Waals surface area contributed by atoms with Crippen molar-refractivity contribution >= 4 is 27.3 Å². The molecular formula is C12H19BrN2S. The Labute approximate surface area is 110 Å². The molecule has 0 radical (unpaired) electrons. The van der Waals surface area contributed by atoms with Gasteiger partial charge in [0.1, 0.15) is 5.01 Å². The molecule has 16 heavy (non-hydrogen) atoms. The minimum Gasteiger partial charge on any atom is -0.308 e. The lowest BCUT2D eigenvalue weighted by molar-refractivity contribution is 0.454. The fraction of sp³-hybridized carbons (Fsp3) is 0.750. The predicted molar refractivity (Wildman–Crippen MR) is 72.8 cm³/mol. The smallest absolute Gasteiger partial charge is 0.110 e. The molecule has 4 heteroatoms. The molecule has 0 bridgehead atoms. The SMILES string of the molecule is CC(NCCC1CCCC1)c1ncc(Br)s1. The van der Waals surface area contributed by atoms with E-state index in [1.165, 1.54) is 37.1 Å².